The molecule has 0 fully saturated rings. The minimum Gasteiger partial charge on any atom is -0.461 e. The number of furan rings is 1. The second-order valence-electron chi connectivity index (χ2n) is 6.77. The van der Waals surface area contributed by atoms with Crippen LogP contribution in [0.5, 0.6) is 0 Å². The predicted molar refractivity (Wildman–Crippen MR) is 113 cm³/mol. The summed E-state index contributed by atoms with van der Waals surface area (Å²) in [7, 11) is 0. The van der Waals surface area contributed by atoms with Crippen LogP contribution in [0.15, 0.2) is 64.6 Å². The molecule has 7 nitrogen and oxygen atoms in total. The molecule has 0 saturated heterocycles. The Labute approximate surface area is 172 Å². The maximum absolute atomic E-state index is 12.6. The zero-order valence-corrected chi connectivity index (χ0v) is 17.2. The second-order valence-corrected chi connectivity index (χ2v) is 7.71. The average molecular weight is 407 g/mol. The van der Waals surface area contributed by atoms with Gasteiger partial charge < -0.3 is 9.73 Å². The molecular weight excluding hydrogens is 386 g/mol. The van der Waals surface area contributed by atoms with Crippen LogP contribution in [0.3, 0.4) is 0 Å². The highest BCUT2D eigenvalue weighted by molar-refractivity contribution is 7.99. The number of nitrogens with one attached hydrogen (secondary N) is 1. The molecule has 0 aliphatic carbocycles. The summed E-state index contributed by atoms with van der Waals surface area (Å²) in [4.78, 5) is 12.6. The molecule has 0 atom stereocenters. The lowest BCUT2D eigenvalue weighted by molar-refractivity contribution is -0.113. The molecule has 4 rings (SSSR count). The molecule has 0 aliphatic rings. The fourth-order valence-electron chi connectivity index (χ4n) is 3.26. The molecule has 1 aromatic carbocycles. The lowest BCUT2D eigenvalue weighted by Gasteiger charge is -2.13. The van der Waals surface area contributed by atoms with E-state index in [-0.39, 0.29) is 11.7 Å². The lowest BCUT2D eigenvalue weighted by atomic mass is 10.1. The number of carbonyl (C=O) groups is 1. The monoisotopic (exact) mass is 407 g/mol. The molecule has 8 heteroatoms. The Hall–Kier alpha value is -3.26. The van der Waals surface area contributed by atoms with E-state index in [4.69, 9.17) is 4.42 Å². The van der Waals surface area contributed by atoms with Crippen molar-refractivity contribution in [3.8, 4) is 11.6 Å². The molecule has 0 aliphatic heterocycles. The molecule has 0 unspecified atom stereocenters. The molecule has 3 aromatic heterocycles. The zero-order valence-electron chi connectivity index (χ0n) is 16.4. The summed E-state index contributed by atoms with van der Waals surface area (Å²) in [6.07, 6.45) is 5.37. The van der Waals surface area contributed by atoms with E-state index in [0.29, 0.717) is 16.7 Å². The zero-order chi connectivity index (χ0) is 20.4. The molecule has 0 saturated carbocycles. The Balaban J connectivity index is 1.54. The van der Waals surface area contributed by atoms with Crippen LogP contribution >= 0.6 is 11.8 Å². The molecule has 0 radical (unpaired) electrons. The van der Waals surface area contributed by atoms with Gasteiger partial charge in [0.15, 0.2) is 5.76 Å². The van der Waals surface area contributed by atoms with Gasteiger partial charge in [-0.1, -0.05) is 29.5 Å². The van der Waals surface area contributed by atoms with Crippen LogP contribution in [0, 0.1) is 20.8 Å². The van der Waals surface area contributed by atoms with Crippen molar-refractivity contribution in [3.05, 3.63) is 71.7 Å². The van der Waals surface area contributed by atoms with Crippen molar-refractivity contribution in [1.29, 1.82) is 0 Å². The Morgan fingerprint density at radius 1 is 1.10 bits per heavy atom. The van der Waals surface area contributed by atoms with Crippen LogP contribution in [0.25, 0.3) is 11.6 Å². The first-order valence-corrected chi connectivity index (χ1v) is 10.1. The number of amides is 1. The fraction of sp³-hybridized carbons (Fsp3) is 0.190. The topological polar surface area (TPSA) is 77.9 Å². The highest BCUT2D eigenvalue weighted by atomic mass is 32.2. The van der Waals surface area contributed by atoms with E-state index in [9.17, 15) is 4.79 Å². The van der Waals surface area contributed by atoms with Gasteiger partial charge in [0.1, 0.15) is 0 Å². The number of aryl methyl sites for hydroxylation is 3. The van der Waals surface area contributed by atoms with Crippen molar-refractivity contribution in [3.63, 3.8) is 0 Å². The van der Waals surface area contributed by atoms with E-state index < -0.39 is 0 Å². The van der Waals surface area contributed by atoms with E-state index in [0.717, 1.165) is 16.8 Å². The maximum atomic E-state index is 12.6. The van der Waals surface area contributed by atoms with Gasteiger partial charge in [-0.3, -0.25) is 9.47 Å². The summed E-state index contributed by atoms with van der Waals surface area (Å²) in [6, 6.07) is 11.6. The lowest BCUT2D eigenvalue weighted by Crippen LogP contribution is -2.17. The van der Waals surface area contributed by atoms with Crippen molar-refractivity contribution in [2.24, 2.45) is 0 Å². The van der Waals surface area contributed by atoms with E-state index in [1.54, 1.807) is 12.3 Å². The van der Waals surface area contributed by atoms with E-state index in [1.165, 1.54) is 17.3 Å². The van der Waals surface area contributed by atoms with Crippen LogP contribution in [0.1, 0.15) is 16.7 Å². The summed E-state index contributed by atoms with van der Waals surface area (Å²) >= 11 is 1.32. The third-order valence-corrected chi connectivity index (χ3v) is 5.37. The van der Waals surface area contributed by atoms with Crippen molar-refractivity contribution in [1.82, 2.24) is 19.5 Å². The summed E-state index contributed by atoms with van der Waals surface area (Å²) in [5, 5.41) is 12.1. The molecule has 3 heterocycles. The number of anilines is 1. The van der Waals surface area contributed by atoms with E-state index >= 15 is 0 Å². The van der Waals surface area contributed by atoms with Crippen LogP contribution in [0.2, 0.25) is 0 Å². The number of nitrogens with zero attached hydrogens (tertiary/aromatic N) is 4. The van der Waals surface area contributed by atoms with Crippen LogP contribution in [-0.2, 0) is 4.79 Å². The number of hydrogen-bond acceptors (Lipinski definition) is 5. The standard InChI is InChI=1S/C21H21N5O2S/c1-14-11-15(2)19(16(3)12-14)22-18(27)13-29-21-24-23-20(17-7-6-10-28-17)26(21)25-8-4-5-9-25/h4-12H,13H2,1-3H3,(H,22,27). The highest BCUT2D eigenvalue weighted by Gasteiger charge is 2.19. The second kappa shape index (κ2) is 8.00. The minimum atomic E-state index is -0.0911. The summed E-state index contributed by atoms with van der Waals surface area (Å²) in [5.74, 6) is 1.30. The van der Waals surface area contributed by atoms with E-state index in [1.807, 2.05) is 60.7 Å². The Kier molecular flexibility index (Phi) is 5.26. The molecule has 0 spiro atoms. The number of hydrogen-bond donors (Lipinski definition) is 1. The molecular formula is C21H21N5O2S. The Morgan fingerprint density at radius 3 is 2.48 bits per heavy atom. The third kappa shape index (κ3) is 3.97. The summed E-state index contributed by atoms with van der Waals surface area (Å²) in [6.45, 7) is 6.05. The van der Waals surface area contributed by atoms with Crippen molar-refractivity contribution < 1.29 is 9.21 Å². The normalized spacial score (nSPS) is 11.0. The predicted octanol–water partition coefficient (Wildman–Crippen LogP) is 4.31. The number of aromatic nitrogens is 4. The molecule has 1 amide bonds. The Bertz CT molecular complexity index is 1110. The Morgan fingerprint density at radius 2 is 1.83 bits per heavy atom. The molecule has 0 bridgehead atoms. The van der Waals surface area contributed by atoms with E-state index in [2.05, 4.69) is 27.6 Å². The smallest absolute Gasteiger partial charge is 0.234 e. The quantitative estimate of drug-likeness (QED) is 0.482. The largest absolute Gasteiger partial charge is 0.461 e. The van der Waals surface area contributed by atoms with Gasteiger partial charge in [0, 0.05) is 18.1 Å². The number of benzene rings is 1. The molecule has 1 N–H and O–H groups in total. The van der Waals surface area contributed by atoms with Crippen LogP contribution < -0.4 is 5.32 Å². The first-order chi connectivity index (χ1) is 14.0. The van der Waals surface area contributed by atoms with Crippen molar-refractivity contribution in [2.45, 2.75) is 25.9 Å². The van der Waals surface area contributed by atoms with Crippen LogP contribution in [-0.4, -0.2) is 31.2 Å². The fourth-order valence-corrected chi connectivity index (χ4v) is 4.00. The van der Waals surface area contributed by atoms with Gasteiger partial charge in [-0.15, -0.1) is 10.2 Å². The third-order valence-electron chi connectivity index (χ3n) is 4.45. The maximum Gasteiger partial charge on any atom is 0.234 e. The summed E-state index contributed by atoms with van der Waals surface area (Å²) in [5.41, 5.74) is 4.15. The van der Waals surface area contributed by atoms with Gasteiger partial charge >= 0.3 is 0 Å². The number of thioether (sulfide) groups is 1. The first-order valence-electron chi connectivity index (χ1n) is 9.16. The van der Waals surface area contributed by atoms with Gasteiger partial charge in [-0.05, 0) is 56.2 Å². The van der Waals surface area contributed by atoms with Gasteiger partial charge in [0.2, 0.25) is 16.9 Å². The summed E-state index contributed by atoms with van der Waals surface area (Å²) < 4.78 is 9.16. The highest BCUT2D eigenvalue weighted by Crippen LogP contribution is 2.26. The average Bonchev–Trinajstić information content (AvgIpc) is 3.43. The first kappa shape index (κ1) is 19.1. The minimum absolute atomic E-state index is 0.0911. The number of carbonyl (C=O) groups excluding carboxylic acids is 1. The van der Waals surface area contributed by atoms with Gasteiger partial charge in [-0.25, -0.2) is 4.68 Å². The molecule has 148 valence electrons. The van der Waals surface area contributed by atoms with Gasteiger partial charge in [-0.2, -0.15) is 0 Å². The van der Waals surface area contributed by atoms with Crippen molar-refractivity contribution in [2.75, 3.05) is 11.1 Å². The van der Waals surface area contributed by atoms with Crippen LogP contribution in [0.4, 0.5) is 5.69 Å². The molecule has 4 aromatic rings. The SMILES string of the molecule is Cc1cc(C)c(NC(=O)CSc2nnc(-c3ccco3)n2-n2cccc2)c(C)c1. The van der Waals surface area contributed by atoms with Crippen molar-refractivity contribution >= 4 is 23.4 Å². The van der Waals surface area contributed by atoms with Gasteiger partial charge in [0.05, 0.1) is 12.0 Å². The molecule has 29 heavy (non-hydrogen) atoms. The number of rotatable bonds is 6. The van der Waals surface area contributed by atoms with Gasteiger partial charge in [0.25, 0.3) is 0 Å².